The van der Waals surface area contributed by atoms with E-state index in [1.54, 1.807) is 140 Å². The Morgan fingerprint density at radius 2 is 0.511 bits per heavy atom. The second-order valence-corrected chi connectivity index (χ2v) is 48.5. The van der Waals surface area contributed by atoms with E-state index in [2.05, 4.69) is 41.5 Å². The molecule has 0 aliphatic heterocycles. The van der Waals surface area contributed by atoms with Crippen LogP contribution in [0.5, 0.6) is 23.0 Å². The second kappa shape index (κ2) is 50.7. The summed E-state index contributed by atoms with van der Waals surface area (Å²) in [5.74, 6) is 1.78. The third kappa shape index (κ3) is 29.7. The van der Waals surface area contributed by atoms with Crippen molar-refractivity contribution in [1.82, 2.24) is 0 Å². The van der Waals surface area contributed by atoms with Crippen LogP contribution in [0.2, 0.25) is 0 Å². The zero-order chi connectivity index (χ0) is 101. The minimum absolute atomic E-state index is 0. The summed E-state index contributed by atoms with van der Waals surface area (Å²) < 4.78 is 88.6. The van der Waals surface area contributed by atoms with Gasteiger partial charge in [-0.2, -0.15) is 0 Å². The fraction of sp³-hybridized carbons (Fsp3) is 0.307. The van der Waals surface area contributed by atoms with Gasteiger partial charge in [-0.1, -0.05) is 329 Å². The number of aryl methyl sites for hydroxylation is 12. The molecular formula is C114H134BO17P5+2. The highest BCUT2D eigenvalue weighted by Gasteiger charge is 2.46. The predicted molar refractivity (Wildman–Crippen MR) is 567 cm³/mol. The molecule has 2 radical (unpaired) electrons. The molecule has 17 nitrogen and oxygen atoms in total. The number of methoxy groups -OCH3 is 4. The molecule has 0 heterocycles. The molecule has 0 saturated carbocycles. The monoisotopic (exact) mass is 1940 g/mol. The SMILES string of the molecule is CC(C)(O)C(=O)c1ccccc1.COc1cccc(OC)c1C(=O)[P+](=O)CC(C)CC(C)(C)C.COc1cccc(OC)c1C(=O)[P+](=O)CC(C)CC(C)(C)C.Cc1cc(C)c(C(=O)P(=O)(C(=O)c2c(C)cc(C)cc2C)c2ccccc2)c(C)c1.Cc1cc(C)c(C(=O)P(=O)(c2ccccc2)c2ccccc2)c(C)c1.Cc1cc(C)c(C(=O)P(=O)(c2ccccc2)c2ccccc2)c(C)c1.[BH]. The maximum atomic E-state index is 14.5. The Morgan fingerprint density at radius 1 is 0.307 bits per heavy atom. The van der Waals surface area contributed by atoms with Crippen LogP contribution in [0, 0.1) is 106 Å². The van der Waals surface area contributed by atoms with Gasteiger partial charge in [0.05, 0.1) is 28.4 Å². The van der Waals surface area contributed by atoms with Crippen LogP contribution in [0.25, 0.3) is 0 Å². The van der Waals surface area contributed by atoms with E-state index >= 15 is 0 Å². The Morgan fingerprint density at radius 3 is 0.715 bits per heavy atom. The van der Waals surface area contributed by atoms with Crippen molar-refractivity contribution in [3.63, 3.8) is 0 Å². The molecule has 0 saturated heterocycles. The largest absolute Gasteiger partial charge is 0.496 e. The average Bonchev–Trinajstić information content (AvgIpc) is 0.762. The first-order valence-electron chi connectivity index (χ1n) is 45.2. The van der Waals surface area contributed by atoms with E-state index in [-0.39, 0.29) is 64.3 Å². The molecule has 0 bridgehead atoms. The van der Waals surface area contributed by atoms with Gasteiger partial charge in [-0.25, -0.2) is 9.59 Å². The highest BCUT2D eigenvalue weighted by Crippen LogP contribution is 2.54. The van der Waals surface area contributed by atoms with Crippen molar-refractivity contribution in [2.24, 2.45) is 22.7 Å². The topological polar surface area (TPSA) is 262 Å². The molecule has 0 aliphatic carbocycles. The van der Waals surface area contributed by atoms with Crippen LogP contribution in [0.1, 0.15) is 221 Å². The molecule has 0 spiro atoms. The van der Waals surface area contributed by atoms with Crippen molar-refractivity contribution < 1.29 is 80.4 Å². The number of hydrogen-bond acceptors (Lipinski definition) is 17. The molecule has 23 heteroatoms. The lowest BCUT2D eigenvalue weighted by atomic mass is 9.86. The van der Waals surface area contributed by atoms with Crippen molar-refractivity contribution in [3.8, 4) is 23.0 Å². The lowest BCUT2D eigenvalue weighted by Gasteiger charge is -2.21. The van der Waals surface area contributed by atoms with Crippen LogP contribution in [0.3, 0.4) is 0 Å². The van der Waals surface area contributed by atoms with E-state index in [1.165, 1.54) is 42.3 Å². The fourth-order valence-corrected chi connectivity index (χ4v) is 27.7. The highest BCUT2D eigenvalue weighted by atomic mass is 31.2. The number of carbonyl (C=O) groups is 7. The molecule has 137 heavy (non-hydrogen) atoms. The maximum Gasteiger partial charge on any atom is 0.420 e. The van der Waals surface area contributed by atoms with Crippen LogP contribution in [0.15, 0.2) is 267 Å². The van der Waals surface area contributed by atoms with E-state index in [4.69, 9.17) is 18.9 Å². The van der Waals surface area contributed by atoms with Crippen LogP contribution in [0.4, 0.5) is 0 Å². The van der Waals surface area contributed by atoms with Crippen LogP contribution in [-0.4, -0.2) is 98.8 Å². The third-order valence-corrected chi connectivity index (χ3v) is 34.1. The summed E-state index contributed by atoms with van der Waals surface area (Å²) >= 11 is 0. The van der Waals surface area contributed by atoms with E-state index < -0.39 is 64.7 Å². The molecule has 718 valence electrons. The Balaban J connectivity index is 0.000000256. The first kappa shape index (κ1) is 114. The summed E-state index contributed by atoms with van der Waals surface area (Å²) in [6, 6.07) is 79.2. The minimum atomic E-state index is -4.11. The van der Waals surface area contributed by atoms with Crippen molar-refractivity contribution in [2.45, 2.75) is 171 Å². The van der Waals surface area contributed by atoms with E-state index in [0.717, 1.165) is 79.6 Å². The van der Waals surface area contributed by atoms with Gasteiger partial charge in [0.2, 0.25) is 43.5 Å². The zero-order valence-electron chi connectivity index (χ0n) is 84.3. The van der Waals surface area contributed by atoms with Gasteiger partial charge in [0, 0.05) is 74.6 Å². The number of carbonyl (C=O) groups excluding carboxylic acids is 7. The summed E-state index contributed by atoms with van der Waals surface area (Å²) in [6.45, 7) is 42.8. The molecule has 12 aromatic rings. The molecule has 0 fully saturated rings. The van der Waals surface area contributed by atoms with Crippen molar-refractivity contribution >= 4 is 111 Å². The molecule has 0 aromatic heterocycles. The van der Waals surface area contributed by atoms with Crippen molar-refractivity contribution in [3.05, 3.63) is 373 Å². The molecular weight excluding hydrogens is 1810 g/mol. The molecule has 0 amide bonds. The third-order valence-electron chi connectivity index (χ3n) is 22.5. The van der Waals surface area contributed by atoms with Gasteiger partial charge in [-0.05, 0) is 189 Å². The molecule has 4 atom stereocenters. The lowest BCUT2D eigenvalue weighted by Crippen LogP contribution is -2.30. The summed E-state index contributed by atoms with van der Waals surface area (Å²) in [6.07, 6.45) is 2.61. The first-order valence-corrected chi connectivity index (χ1v) is 53.2. The molecule has 12 aromatic carbocycles. The average molecular weight is 1940 g/mol. The predicted octanol–water partition coefficient (Wildman–Crippen LogP) is 26.2. The maximum absolute atomic E-state index is 14.5. The number of benzene rings is 12. The number of ketones is 1. The first-order chi connectivity index (χ1) is 63.8. The molecule has 4 unspecified atom stereocenters. The number of aliphatic hydroxyl groups is 1. The number of hydrogen-bond donors (Lipinski definition) is 1. The summed E-state index contributed by atoms with van der Waals surface area (Å²) in [7, 11) is -9.06. The van der Waals surface area contributed by atoms with E-state index in [9.17, 15) is 61.5 Å². The Labute approximate surface area is 815 Å². The molecule has 1 N–H and O–H groups in total. The van der Waals surface area contributed by atoms with Gasteiger partial charge in [0.15, 0.2) is 29.2 Å². The Hall–Kier alpha value is -11.6. The van der Waals surface area contributed by atoms with E-state index in [0.29, 0.717) is 84.4 Å². The van der Waals surface area contributed by atoms with E-state index in [1.807, 2.05) is 224 Å². The van der Waals surface area contributed by atoms with Crippen molar-refractivity contribution in [1.29, 1.82) is 0 Å². The quantitative estimate of drug-likeness (QED) is 0.0259. The summed E-state index contributed by atoms with van der Waals surface area (Å²) in [5.41, 5.74) is 10.1. The normalized spacial score (nSPS) is 11.9. The van der Waals surface area contributed by atoms with Crippen LogP contribution < -0.4 is 45.5 Å². The standard InChI is InChI=1S/C26H27O3P.2C22H21O2P.2C17H26O4P.C10H12O2.BH/c1-16-12-18(3)23(19(4)13-16)25(27)30(29,22-10-8-7-9-11-22)26(28)24-20(5)14-17(2)15-21(24)6;2*1-16-14-17(2)21(18(3)15-16)22(23)25(24,19-10-6-4-7-11-19)20-12-8-5-9-13-20;2*1-12(10-17(2,3)4)11-22(19)16(18)15-13(20-5)8-7-9-14(15)21-6;1-10(2,12)9(11)8-6-4-3-5-7-8;/h7-15H,1-6H3;2*4-15H,1-3H3;2*7-9,12H,10-11H2,1-6H3;3-7,12H,1-2H3;1H/q;;;2*+1;;. The molecule has 12 rings (SSSR count). The van der Waals surface area contributed by atoms with Gasteiger partial charge >= 0.3 is 26.7 Å². The van der Waals surface area contributed by atoms with Crippen molar-refractivity contribution in [2.75, 3.05) is 40.8 Å². The molecule has 0 aliphatic rings. The number of rotatable bonds is 29. The van der Waals surface area contributed by atoms with Gasteiger partial charge in [0.25, 0.3) is 0 Å². The highest BCUT2D eigenvalue weighted by molar-refractivity contribution is 8.01. The zero-order valence-corrected chi connectivity index (χ0v) is 88.8. The number of ether oxygens (including phenoxy) is 4. The van der Waals surface area contributed by atoms with Gasteiger partial charge in [-0.3, -0.25) is 24.0 Å². The minimum Gasteiger partial charge on any atom is -0.496 e. The van der Waals surface area contributed by atoms with Gasteiger partial charge < -0.3 is 37.7 Å². The van der Waals surface area contributed by atoms with Gasteiger partial charge in [-0.15, -0.1) is 0 Å². The van der Waals surface area contributed by atoms with Crippen LogP contribution in [-0.2, 0) is 22.8 Å². The lowest BCUT2D eigenvalue weighted by molar-refractivity contribution is 0.0488. The Kier molecular flexibility index (Phi) is 42.2. The summed E-state index contributed by atoms with van der Waals surface area (Å²) in [5, 5.41) is 12.0. The van der Waals surface area contributed by atoms with Gasteiger partial charge in [0.1, 0.15) is 28.6 Å². The summed E-state index contributed by atoms with van der Waals surface area (Å²) in [4.78, 5) is 91.3. The fourth-order valence-electron chi connectivity index (χ4n) is 17.3. The Bertz CT molecular complexity index is 5880. The number of Topliss-reactive ketones (excluding diaryl/α,β-unsaturated/α-hetero) is 1. The second-order valence-electron chi connectivity index (χ2n) is 37.6. The smallest absolute Gasteiger partial charge is 0.420 e. The van der Waals surface area contributed by atoms with Crippen LogP contribution >= 0.6 is 37.0 Å².